The number of amides is 3. The van der Waals surface area contributed by atoms with Gasteiger partial charge in [0.05, 0.1) is 5.69 Å². The maximum atomic E-state index is 13.2. The first-order valence-electron chi connectivity index (χ1n) is 5.67. The van der Waals surface area contributed by atoms with E-state index < -0.39 is 23.7 Å². The number of carbonyl (C=O) groups is 3. The molecular formula is C12H12FN3O3. The van der Waals surface area contributed by atoms with Crippen LogP contribution < -0.4 is 16.4 Å². The summed E-state index contributed by atoms with van der Waals surface area (Å²) in [5, 5.41) is 4.56. The number of benzene rings is 1. The number of nitrogen functional groups attached to an aromatic ring is 1. The van der Waals surface area contributed by atoms with Gasteiger partial charge in [-0.1, -0.05) is 0 Å². The highest BCUT2D eigenvalue weighted by molar-refractivity contribution is 6.03. The maximum Gasteiger partial charge on any atom is 0.252 e. The van der Waals surface area contributed by atoms with E-state index in [0.29, 0.717) is 0 Å². The topological polar surface area (TPSA) is 101 Å². The highest BCUT2D eigenvalue weighted by Gasteiger charge is 2.28. The molecule has 0 saturated carbocycles. The molecule has 1 fully saturated rings. The van der Waals surface area contributed by atoms with E-state index in [4.69, 9.17) is 5.73 Å². The summed E-state index contributed by atoms with van der Waals surface area (Å²) in [6.07, 6.45) is 0.390. The number of anilines is 1. The van der Waals surface area contributed by atoms with E-state index in [1.165, 1.54) is 12.1 Å². The Morgan fingerprint density at radius 1 is 1.42 bits per heavy atom. The van der Waals surface area contributed by atoms with E-state index in [0.717, 1.165) is 6.07 Å². The van der Waals surface area contributed by atoms with E-state index in [1.807, 2.05) is 0 Å². The predicted octanol–water partition coefficient (Wildman–Crippen LogP) is -0.0571. The fourth-order valence-corrected chi connectivity index (χ4v) is 1.74. The van der Waals surface area contributed by atoms with Gasteiger partial charge in [0, 0.05) is 12.0 Å². The normalized spacial score (nSPS) is 18.9. The summed E-state index contributed by atoms with van der Waals surface area (Å²) >= 11 is 0. The molecule has 0 spiro atoms. The Kier molecular flexibility index (Phi) is 3.46. The van der Waals surface area contributed by atoms with Gasteiger partial charge in [0.15, 0.2) is 0 Å². The van der Waals surface area contributed by atoms with Crippen molar-refractivity contribution >= 4 is 23.4 Å². The Hall–Kier alpha value is -2.44. The molecule has 1 aromatic carbocycles. The zero-order valence-corrected chi connectivity index (χ0v) is 9.90. The summed E-state index contributed by atoms with van der Waals surface area (Å²) < 4.78 is 13.2. The lowest BCUT2D eigenvalue weighted by molar-refractivity contribution is -0.134. The van der Waals surface area contributed by atoms with Crippen molar-refractivity contribution in [3.05, 3.63) is 29.6 Å². The fourth-order valence-electron chi connectivity index (χ4n) is 1.74. The number of hydrogen-bond acceptors (Lipinski definition) is 4. The first-order chi connectivity index (χ1) is 8.97. The van der Waals surface area contributed by atoms with E-state index in [1.54, 1.807) is 0 Å². The van der Waals surface area contributed by atoms with Gasteiger partial charge in [-0.2, -0.15) is 0 Å². The quantitative estimate of drug-likeness (QED) is 0.515. The first kappa shape index (κ1) is 13.0. The van der Waals surface area contributed by atoms with Crippen molar-refractivity contribution in [2.24, 2.45) is 0 Å². The summed E-state index contributed by atoms with van der Waals surface area (Å²) in [5.41, 5.74) is 5.31. The summed E-state index contributed by atoms with van der Waals surface area (Å²) in [4.78, 5) is 34.2. The third-order valence-corrected chi connectivity index (χ3v) is 2.81. The molecule has 3 amide bonds. The Morgan fingerprint density at radius 2 is 2.16 bits per heavy atom. The molecule has 1 aliphatic heterocycles. The monoisotopic (exact) mass is 265 g/mol. The molecule has 1 unspecified atom stereocenters. The van der Waals surface area contributed by atoms with Crippen LogP contribution in [0.15, 0.2) is 18.2 Å². The number of piperidine rings is 1. The highest BCUT2D eigenvalue weighted by atomic mass is 19.1. The molecule has 0 aliphatic carbocycles. The Morgan fingerprint density at radius 3 is 2.79 bits per heavy atom. The van der Waals surface area contributed by atoms with Crippen LogP contribution >= 0.6 is 0 Å². The summed E-state index contributed by atoms with van der Waals surface area (Å²) in [5.74, 6) is -2.21. The van der Waals surface area contributed by atoms with Gasteiger partial charge in [-0.3, -0.25) is 19.7 Å². The predicted molar refractivity (Wildman–Crippen MR) is 64.5 cm³/mol. The largest absolute Gasteiger partial charge is 0.396 e. The van der Waals surface area contributed by atoms with Crippen LogP contribution in [0.3, 0.4) is 0 Å². The van der Waals surface area contributed by atoms with Crippen molar-refractivity contribution in [3.8, 4) is 0 Å². The van der Waals surface area contributed by atoms with E-state index >= 15 is 0 Å². The molecule has 1 atom stereocenters. The Bertz CT molecular complexity index is 559. The number of halogens is 1. The lowest BCUT2D eigenvalue weighted by atomic mass is 10.1. The van der Waals surface area contributed by atoms with Gasteiger partial charge in [-0.15, -0.1) is 0 Å². The molecular weight excluding hydrogens is 253 g/mol. The zero-order chi connectivity index (χ0) is 14.0. The smallest absolute Gasteiger partial charge is 0.252 e. The molecule has 0 aromatic heterocycles. The van der Waals surface area contributed by atoms with Crippen molar-refractivity contribution in [2.45, 2.75) is 18.9 Å². The van der Waals surface area contributed by atoms with Gasteiger partial charge in [0.1, 0.15) is 11.9 Å². The Labute approximate surface area is 108 Å². The number of imide groups is 1. The van der Waals surface area contributed by atoms with Crippen LogP contribution in [0, 0.1) is 5.82 Å². The SMILES string of the molecule is Nc1ccc(C(=O)NC2CCC(=O)NC2=O)cc1F. The van der Waals surface area contributed by atoms with Crippen molar-refractivity contribution in [2.75, 3.05) is 5.73 Å². The number of hydrogen-bond donors (Lipinski definition) is 3. The average molecular weight is 265 g/mol. The molecule has 1 aromatic rings. The van der Waals surface area contributed by atoms with E-state index in [-0.39, 0.29) is 30.0 Å². The first-order valence-corrected chi connectivity index (χ1v) is 5.67. The van der Waals surface area contributed by atoms with Gasteiger partial charge in [0.2, 0.25) is 11.8 Å². The van der Waals surface area contributed by atoms with Gasteiger partial charge < -0.3 is 11.1 Å². The van der Waals surface area contributed by atoms with Crippen LogP contribution in [0.1, 0.15) is 23.2 Å². The van der Waals surface area contributed by atoms with Crippen LogP contribution in [0.2, 0.25) is 0 Å². The zero-order valence-electron chi connectivity index (χ0n) is 9.90. The number of nitrogens with one attached hydrogen (secondary N) is 2. The molecule has 7 heteroatoms. The summed E-state index contributed by atoms with van der Waals surface area (Å²) in [6.45, 7) is 0. The molecule has 1 heterocycles. The van der Waals surface area contributed by atoms with Crippen molar-refractivity contribution in [1.82, 2.24) is 10.6 Å². The van der Waals surface area contributed by atoms with Gasteiger partial charge in [-0.05, 0) is 24.6 Å². The fraction of sp³-hybridized carbons (Fsp3) is 0.250. The minimum Gasteiger partial charge on any atom is -0.396 e. The van der Waals surface area contributed by atoms with Crippen LogP contribution in [0.4, 0.5) is 10.1 Å². The minimum atomic E-state index is -0.786. The number of carbonyl (C=O) groups excluding carboxylic acids is 3. The lowest BCUT2D eigenvalue weighted by Crippen LogP contribution is -2.52. The van der Waals surface area contributed by atoms with Crippen LogP contribution in [0.25, 0.3) is 0 Å². The molecule has 1 aliphatic rings. The second kappa shape index (κ2) is 5.05. The minimum absolute atomic E-state index is 0.0578. The van der Waals surface area contributed by atoms with Crippen molar-refractivity contribution in [1.29, 1.82) is 0 Å². The average Bonchev–Trinajstić information content (AvgIpc) is 2.36. The van der Waals surface area contributed by atoms with Crippen molar-refractivity contribution < 1.29 is 18.8 Å². The van der Waals surface area contributed by atoms with Crippen LogP contribution in [-0.2, 0) is 9.59 Å². The lowest BCUT2D eigenvalue weighted by Gasteiger charge is -2.21. The third kappa shape index (κ3) is 2.87. The van der Waals surface area contributed by atoms with E-state index in [2.05, 4.69) is 10.6 Å². The number of nitrogens with two attached hydrogens (primary N) is 1. The summed E-state index contributed by atoms with van der Waals surface area (Å²) in [7, 11) is 0. The van der Waals surface area contributed by atoms with Gasteiger partial charge in [-0.25, -0.2) is 4.39 Å². The Balaban J connectivity index is 2.06. The molecule has 19 heavy (non-hydrogen) atoms. The molecule has 2 rings (SSSR count). The molecule has 0 radical (unpaired) electrons. The van der Waals surface area contributed by atoms with E-state index in [9.17, 15) is 18.8 Å². The van der Waals surface area contributed by atoms with Crippen molar-refractivity contribution in [3.63, 3.8) is 0 Å². The van der Waals surface area contributed by atoms with Gasteiger partial charge >= 0.3 is 0 Å². The van der Waals surface area contributed by atoms with Crippen LogP contribution in [-0.4, -0.2) is 23.8 Å². The maximum absolute atomic E-state index is 13.2. The standard InChI is InChI=1S/C12H12FN3O3/c13-7-5-6(1-2-8(7)14)11(18)15-9-3-4-10(17)16-12(9)19/h1-2,5,9H,3-4,14H2,(H,15,18)(H,16,17,19). The molecule has 100 valence electrons. The molecule has 0 bridgehead atoms. The second-order valence-corrected chi connectivity index (χ2v) is 4.21. The van der Waals surface area contributed by atoms with Gasteiger partial charge in [0.25, 0.3) is 5.91 Å². The molecule has 4 N–H and O–H groups in total. The second-order valence-electron chi connectivity index (χ2n) is 4.21. The summed E-state index contributed by atoms with van der Waals surface area (Å²) in [6, 6.07) is 2.84. The van der Waals surface area contributed by atoms with Crippen LogP contribution in [0.5, 0.6) is 0 Å². The molecule has 6 nitrogen and oxygen atoms in total. The number of rotatable bonds is 2. The highest BCUT2D eigenvalue weighted by Crippen LogP contribution is 2.13. The molecule has 1 saturated heterocycles. The third-order valence-electron chi connectivity index (χ3n) is 2.81.